The van der Waals surface area contributed by atoms with Crippen molar-refractivity contribution in [2.45, 2.75) is 20.3 Å². The van der Waals surface area contributed by atoms with E-state index in [-0.39, 0.29) is 11.2 Å². The van der Waals surface area contributed by atoms with Gasteiger partial charge in [0.15, 0.2) is 5.78 Å². The van der Waals surface area contributed by atoms with Crippen molar-refractivity contribution < 1.29 is 4.79 Å². The van der Waals surface area contributed by atoms with Gasteiger partial charge >= 0.3 is 0 Å². The minimum Gasteiger partial charge on any atom is -0.345 e. The molecule has 0 saturated heterocycles. The van der Waals surface area contributed by atoms with Crippen LogP contribution in [0.1, 0.15) is 26.1 Å². The molecular formula is C12H14N2O. The topological polar surface area (TPSA) is 45.8 Å². The summed E-state index contributed by atoms with van der Waals surface area (Å²) in [5.41, 5.74) is 1.28. The van der Waals surface area contributed by atoms with Crippen LogP contribution in [0.25, 0.3) is 5.57 Å². The number of carbonyl (C=O) groups excluding carboxylic acids is 1. The molecule has 0 aliphatic heterocycles. The van der Waals surface area contributed by atoms with Crippen molar-refractivity contribution in [2.75, 3.05) is 0 Å². The Kier molecular flexibility index (Phi) is 2.11. The fourth-order valence-electron chi connectivity index (χ4n) is 1.92. The van der Waals surface area contributed by atoms with E-state index in [9.17, 15) is 4.79 Å². The van der Waals surface area contributed by atoms with Crippen LogP contribution in [0, 0.1) is 5.41 Å². The number of aromatic nitrogens is 2. The number of rotatable bonds is 1. The van der Waals surface area contributed by atoms with E-state index in [1.54, 1.807) is 12.4 Å². The van der Waals surface area contributed by atoms with Crippen molar-refractivity contribution in [3.05, 3.63) is 36.4 Å². The van der Waals surface area contributed by atoms with Crippen LogP contribution in [0.3, 0.4) is 0 Å². The molecule has 0 fully saturated rings. The maximum Gasteiger partial charge on any atom is 0.191 e. The normalized spacial score (nSPS) is 20.3. The van der Waals surface area contributed by atoms with Crippen molar-refractivity contribution in [1.29, 1.82) is 0 Å². The van der Waals surface area contributed by atoms with Crippen LogP contribution in [-0.2, 0) is 4.79 Å². The largest absolute Gasteiger partial charge is 0.345 e. The van der Waals surface area contributed by atoms with Crippen molar-refractivity contribution in [3.63, 3.8) is 0 Å². The third-order valence-electron chi connectivity index (χ3n) is 2.52. The molecule has 1 aromatic heterocycles. The first-order valence-corrected chi connectivity index (χ1v) is 4.95. The van der Waals surface area contributed by atoms with Gasteiger partial charge in [-0.05, 0) is 17.4 Å². The Morgan fingerprint density at radius 3 is 2.87 bits per heavy atom. The highest BCUT2D eigenvalue weighted by atomic mass is 16.1. The highest BCUT2D eigenvalue weighted by molar-refractivity contribution is 6.28. The van der Waals surface area contributed by atoms with Gasteiger partial charge in [-0.15, -0.1) is 0 Å². The lowest BCUT2D eigenvalue weighted by atomic mass is 9.76. The number of imidazole rings is 1. The van der Waals surface area contributed by atoms with Gasteiger partial charge in [0.25, 0.3) is 0 Å². The zero-order chi connectivity index (χ0) is 11.1. The van der Waals surface area contributed by atoms with Crippen LogP contribution < -0.4 is 0 Å². The summed E-state index contributed by atoms with van der Waals surface area (Å²) < 4.78 is 0. The van der Waals surface area contributed by atoms with Crippen LogP contribution in [-0.4, -0.2) is 15.8 Å². The molecule has 1 heterocycles. The lowest BCUT2D eigenvalue weighted by Gasteiger charge is -2.27. The van der Waals surface area contributed by atoms with Gasteiger partial charge in [0, 0.05) is 12.4 Å². The monoisotopic (exact) mass is 202 g/mol. The van der Waals surface area contributed by atoms with Crippen LogP contribution >= 0.6 is 0 Å². The Bertz CT molecular complexity index is 438. The Hall–Kier alpha value is -1.64. The van der Waals surface area contributed by atoms with Gasteiger partial charge in [0.2, 0.25) is 0 Å². The molecule has 0 radical (unpaired) electrons. The number of nitrogens with one attached hydrogen (secondary N) is 1. The number of hydrogen-bond donors (Lipinski definition) is 1. The van der Waals surface area contributed by atoms with E-state index < -0.39 is 0 Å². The number of aromatic amines is 1. The molecule has 0 bridgehead atoms. The fraction of sp³-hybridized carbons (Fsp3) is 0.333. The summed E-state index contributed by atoms with van der Waals surface area (Å²) in [6.07, 6.45) is 6.06. The number of Topliss-reactive ketones (excluding diaryl/α,β-unsaturated/α-hetero) is 1. The van der Waals surface area contributed by atoms with E-state index in [1.807, 2.05) is 6.08 Å². The summed E-state index contributed by atoms with van der Waals surface area (Å²) in [6.45, 7) is 8.00. The molecule has 3 nitrogen and oxygen atoms in total. The summed E-state index contributed by atoms with van der Waals surface area (Å²) >= 11 is 0. The van der Waals surface area contributed by atoms with Crippen LogP contribution in [0.5, 0.6) is 0 Å². The molecule has 0 unspecified atom stereocenters. The molecule has 1 aliphatic carbocycles. The van der Waals surface area contributed by atoms with E-state index in [1.165, 1.54) is 0 Å². The molecule has 1 aromatic rings. The molecule has 2 rings (SSSR count). The second kappa shape index (κ2) is 3.19. The molecule has 1 aliphatic rings. The molecule has 1 N–H and O–H groups in total. The lowest BCUT2D eigenvalue weighted by Crippen LogP contribution is -2.21. The number of ketones is 1. The number of carbonyl (C=O) groups is 1. The third-order valence-corrected chi connectivity index (χ3v) is 2.52. The maximum atomic E-state index is 11.9. The van der Waals surface area contributed by atoms with Crippen LogP contribution in [0.15, 0.2) is 30.6 Å². The van der Waals surface area contributed by atoms with Gasteiger partial charge in [-0.3, -0.25) is 4.79 Å². The van der Waals surface area contributed by atoms with Crippen molar-refractivity contribution in [3.8, 4) is 0 Å². The number of allylic oxidation sites excluding steroid dienone is 3. The Balaban J connectivity index is 2.50. The van der Waals surface area contributed by atoms with Gasteiger partial charge < -0.3 is 4.98 Å². The minimum atomic E-state index is -0.0207. The summed E-state index contributed by atoms with van der Waals surface area (Å²) in [5, 5.41) is 0. The summed E-state index contributed by atoms with van der Waals surface area (Å²) in [4.78, 5) is 18.9. The molecule has 0 saturated carbocycles. The Morgan fingerprint density at radius 2 is 2.27 bits per heavy atom. The average Bonchev–Trinajstić information content (AvgIpc) is 2.63. The number of hydrogen-bond acceptors (Lipinski definition) is 2. The highest BCUT2D eigenvalue weighted by Crippen LogP contribution is 2.36. The first-order chi connectivity index (χ1) is 6.99. The van der Waals surface area contributed by atoms with Crippen molar-refractivity contribution >= 4 is 11.4 Å². The minimum absolute atomic E-state index is 0.00396. The molecular weight excluding hydrogens is 188 g/mol. The second-order valence-corrected chi connectivity index (χ2v) is 4.59. The van der Waals surface area contributed by atoms with Gasteiger partial charge in [0.05, 0.1) is 5.57 Å². The standard InChI is InChI=1S/C12H14N2O/c1-8-6-12(2,3)7-9(10(8)15)11-13-4-5-14-11/h4-5,7H,1,6H2,2-3H3,(H,13,14). The SMILES string of the molecule is C=C1CC(C)(C)C=C(c2ncc[nH]2)C1=O. The fourth-order valence-corrected chi connectivity index (χ4v) is 1.92. The highest BCUT2D eigenvalue weighted by Gasteiger charge is 2.30. The zero-order valence-electron chi connectivity index (χ0n) is 9.00. The maximum absolute atomic E-state index is 11.9. The van der Waals surface area contributed by atoms with E-state index >= 15 is 0 Å². The van der Waals surface area contributed by atoms with Gasteiger partial charge in [0.1, 0.15) is 5.82 Å². The smallest absolute Gasteiger partial charge is 0.191 e. The second-order valence-electron chi connectivity index (χ2n) is 4.59. The molecule has 0 spiro atoms. The molecule has 0 aromatic carbocycles. The first kappa shape index (κ1) is 9.90. The van der Waals surface area contributed by atoms with E-state index in [2.05, 4.69) is 30.4 Å². The quantitative estimate of drug-likeness (QED) is 0.710. The summed E-state index contributed by atoms with van der Waals surface area (Å²) in [6, 6.07) is 0. The molecule has 78 valence electrons. The zero-order valence-corrected chi connectivity index (χ0v) is 9.00. The predicted molar refractivity (Wildman–Crippen MR) is 59.1 cm³/mol. The molecule has 0 atom stereocenters. The lowest BCUT2D eigenvalue weighted by molar-refractivity contribution is -0.111. The van der Waals surface area contributed by atoms with Crippen LogP contribution in [0.2, 0.25) is 0 Å². The first-order valence-electron chi connectivity index (χ1n) is 4.95. The third kappa shape index (κ3) is 1.77. The predicted octanol–water partition coefficient (Wildman–Crippen LogP) is 2.35. The van der Waals surface area contributed by atoms with E-state index in [0.717, 1.165) is 6.42 Å². The number of nitrogens with zero attached hydrogens (tertiary/aromatic N) is 1. The van der Waals surface area contributed by atoms with E-state index in [0.29, 0.717) is 17.0 Å². The molecule has 0 amide bonds. The summed E-state index contributed by atoms with van der Waals surface area (Å²) in [5.74, 6) is 0.637. The Morgan fingerprint density at radius 1 is 1.53 bits per heavy atom. The van der Waals surface area contributed by atoms with Crippen molar-refractivity contribution in [2.24, 2.45) is 5.41 Å². The van der Waals surface area contributed by atoms with Crippen LogP contribution in [0.4, 0.5) is 0 Å². The number of H-pyrrole nitrogens is 1. The van der Waals surface area contributed by atoms with Gasteiger partial charge in [-0.1, -0.05) is 26.5 Å². The van der Waals surface area contributed by atoms with Gasteiger partial charge in [-0.25, -0.2) is 4.98 Å². The van der Waals surface area contributed by atoms with E-state index in [4.69, 9.17) is 0 Å². The van der Waals surface area contributed by atoms with Gasteiger partial charge in [-0.2, -0.15) is 0 Å². The molecule has 15 heavy (non-hydrogen) atoms. The average molecular weight is 202 g/mol. The molecule has 3 heteroatoms. The Labute approximate surface area is 88.9 Å². The van der Waals surface area contributed by atoms with Crippen molar-refractivity contribution in [1.82, 2.24) is 9.97 Å². The summed E-state index contributed by atoms with van der Waals surface area (Å²) in [7, 11) is 0.